The number of phenols is 1. The number of phenolic OH excluding ortho intramolecular Hbond substituents is 1. The predicted octanol–water partition coefficient (Wildman–Crippen LogP) is 2.72. The van der Waals surface area contributed by atoms with Crippen molar-refractivity contribution in [1.82, 2.24) is 0 Å². The van der Waals surface area contributed by atoms with Crippen LogP contribution in [0.5, 0.6) is 5.75 Å². The van der Waals surface area contributed by atoms with Gasteiger partial charge in [-0.3, -0.25) is 0 Å². The van der Waals surface area contributed by atoms with Crippen molar-refractivity contribution in [2.24, 2.45) is 5.73 Å². The molecule has 0 unspecified atom stereocenters. The zero-order valence-corrected chi connectivity index (χ0v) is 8.02. The Morgan fingerprint density at radius 2 is 1.75 bits per heavy atom. The van der Waals surface area contributed by atoms with E-state index in [-0.39, 0.29) is 21.8 Å². The van der Waals surface area contributed by atoms with Gasteiger partial charge in [-0.05, 0) is 24.6 Å². The molecular formula is C8H9Cl2NO. The molecule has 1 aromatic carbocycles. The fraction of sp³-hybridized carbons (Fsp3) is 0.250. The van der Waals surface area contributed by atoms with E-state index in [2.05, 4.69) is 0 Å². The third-order valence-corrected chi connectivity index (χ3v) is 2.14. The summed E-state index contributed by atoms with van der Waals surface area (Å²) in [6, 6.07) is 3.07. The summed E-state index contributed by atoms with van der Waals surface area (Å²) in [5.41, 5.74) is 6.41. The first-order chi connectivity index (χ1) is 5.52. The highest BCUT2D eigenvalue weighted by atomic mass is 35.5. The summed E-state index contributed by atoms with van der Waals surface area (Å²) in [5.74, 6) is -0.0947. The highest BCUT2D eigenvalue weighted by Gasteiger charge is 2.08. The molecule has 1 rings (SSSR count). The van der Waals surface area contributed by atoms with Crippen molar-refractivity contribution in [3.63, 3.8) is 0 Å². The molecule has 0 amide bonds. The number of rotatable bonds is 1. The van der Waals surface area contributed by atoms with E-state index in [9.17, 15) is 5.11 Å². The van der Waals surface area contributed by atoms with Crippen molar-refractivity contribution in [3.05, 3.63) is 27.7 Å². The Hall–Kier alpha value is -0.440. The average molecular weight is 206 g/mol. The molecule has 0 bridgehead atoms. The lowest BCUT2D eigenvalue weighted by Gasteiger charge is -2.07. The second-order valence-corrected chi connectivity index (χ2v) is 3.44. The Bertz CT molecular complexity index is 276. The van der Waals surface area contributed by atoms with Crippen LogP contribution in [0.4, 0.5) is 0 Å². The van der Waals surface area contributed by atoms with Gasteiger partial charge in [0.05, 0.1) is 10.0 Å². The van der Waals surface area contributed by atoms with E-state index in [1.807, 2.05) is 6.92 Å². The van der Waals surface area contributed by atoms with E-state index in [0.29, 0.717) is 0 Å². The Balaban J connectivity index is 3.21. The van der Waals surface area contributed by atoms with Crippen LogP contribution in [0.25, 0.3) is 0 Å². The summed E-state index contributed by atoms with van der Waals surface area (Å²) < 4.78 is 0. The van der Waals surface area contributed by atoms with Gasteiger partial charge in [-0.15, -0.1) is 0 Å². The van der Waals surface area contributed by atoms with Gasteiger partial charge in [-0.2, -0.15) is 0 Å². The standard InChI is InChI=1S/C8H9Cl2NO/c1-4(11)5-2-6(9)8(12)7(10)3-5/h2-4,12H,11H2,1H3/t4-/m0/s1. The molecule has 0 aliphatic heterocycles. The predicted molar refractivity (Wildman–Crippen MR) is 50.7 cm³/mol. The third kappa shape index (κ3) is 1.83. The number of benzene rings is 1. The molecule has 0 aliphatic rings. The molecule has 1 aromatic rings. The second kappa shape index (κ2) is 3.52. The molecule has 12 heavy (non-hydrogen) atoms. The summed E-state index contributed by atoms with van der Waals surface area (Å²) in [4.78, 5) is 0. The van der Waals surface area contributed by atoms with Crippen LogP contribution < -0.4 is 5.73 Å². The molecule has 0 saturated heterocycles. The first-order valence-electron chi connectivity index (χ1n) is 3.46. The minimum atomic E-state index is -0.138. The molecule has 0 fully saturated rings. The Labute approximate surface area is 80.9 Å². The molecule has 1 atom stereocenters. The van der Waals surface area contributed by atoms with Gasteiger partial charge in [0.15, 0.2) is 5.75 Å². The van der Waals surface area contributed by atoms with Crippen LogP contribution in [-0.4, -0.2) is 5.11 Å². The van der Waals surface area contributed by atoms with Gasteiger partial charge < -0.3 is 10.8 Å². The molecule has 0 spiro atoms. The van der Waals surface area contributed by atoms with E-state index in [1.165, 1.54) is 0 Å². The SMILES string of the molecule is C[C@H](N)c1cc(Cl)c(O)c(Cl)c1. The van der Waals surface area contributed by atoms with Gasteiger partial charge in [0.1, 0.15) is 0 Å². The molecule has 0 aromatic heterocycles. The minimum absolute atomic E-state index is 0.0947. The van der Waals surface area contributed by atoms with Crippen molar-refractivity contribution >= 4 is 23.2 Å². The lowest BCUT2D eigenvalue weighted by Crippen LogP contribution is -2.04. The molecule has 0 aliphatic carbocycles. The van der Waals surface area contributed by atoms with E-state index >= 15 is 0 Å². The van der Waals surface area contributed by atoms with Gasteiger partial charge in [0, 0.05) is 6.04 Å². The molecular weight excluding hydrogens is 197 g/mol. The van der Waals surface area contributed by atoms with Crippen molar-refractivity contribution < 1.29 is 5.11 Å². The Morgan fingerprint density at radius 1 is 1.33 bits per heavy atom. The van der Waals surface area contributed by atoms with Gasteiger partial charge in [0.25, 0.3) is 0 Å². The number of halogens is 2. The molecule has 0 heterocycles. The van der Waals surface area contributed by atoms with Crippen LogP contribution in [-0.2, 0) is 0 Å². The maximum Gasteiger partial charge on any atom is 0.152 e. The maximum atomic E-state index is 9.21. The van der Waals surface area contributed by atoms with E-state index < -0.39 is 0 Å². The maximum absolute atomic E-state index is 9.21. The summed E-state index contributed by atoms with van der Waals surface area (Å²) in [7, 11) is 0. The lowest BCUT2D eigenvalue weighted by atomic mass is 10.1. The molecule has 4 heteroatoms. The first kappa shape index (κ1) is 9.65. The van der Waals surface area contributed by atoms with Crippen LogP contribution in [0.15, 0.2) is 12.1 Å². The van der Waals surface area contributed by atoms with Crippen molar-refractivity contribution in [2.45, 2.75) is 13.0 Å². The monoisotopic (exact) mass is 205 g/mol. The molecule has 2 nitrogen and oxygen atoms in total. The summed E-state index contributed by atoms with van der Waals surface area (Å²) in [6.07, 6.45) is 0. The largest absolute Gasteiger partial charge is 0.505 e. The number of hydrogen-bond donors (Lipinski definition) is 2. The number of nitrogens with two attached hydrogens (primary N) is 1. The van der Waals surface area contributed by atoms with E-state index in [4.69, 9.17) is 28.9 Å². The molecule has 0 radical (unpaired) electrons. The van der Waals surface area contributed by atoms with Crippen molar-refractivity contribution in [3.8, 4) is 5.75 Å². The lowest BCUT2D eigenvalue weighted by molar-refractivity contribution is 0.475. The molecule has 0 saturated carbocycles. The van der Waals surface area contributed by atoms with Crippen molar-refractivity contribution in [1.29, 1.82) is 0 Å². The van der Waals surface area contributed by atoms with Crippen LogP contribution in [0, 0.1) is 0 Å². The van der Waals surface area contributed by atoms with Crippen molar-refractivity contribution in [2.75, 3.05) is 0 Å². The van der Waals surface area contributed by atoms with Gasteiger partial charge >= 0.3 is 0 Å². The van der Waals surface area contributed by atoms with Gasteiger partial charge in [0.2, 0.25) is 0 Å². The molecule has 66 valence electrons. The Kier molecular flexibility index (Phi) is 2.83. The summed E-state index contributed by atoms with van der Waals surface area (Å²) in [6.45, 7) is 1.82. The quantitative estimate of drug-likeness (QED) is 0.741. The number of hydrogen-bond acceptors (Lipinski definition) is 2. The average Bonchev–Trinajstić information content (AvgIpc) is 1.99. The normalized spacial score (nSPS) is 13.0. The third-order valence-electron chi connectivity index (χ3n) is 1.57. The second-order valence-electron chi connectivity index (χ2n) is 2.62. The summed E-state index contributed by atoms with van der Waals surface area (Å²) in [5, 5.41) is 9.67. The van der Waals surface area contributed by atoms with Gasteiger partial charge in [-0.25, -0.2) is 0 Å². The van der Waals surface area contributed by atoms with Crippen LogP contribution in [0.3, 0.4) is 0 Å². The summed E-state index contributed by atoms with van der Waals surface area (Å²) >= 11 is 11.3. The van der Waals surface area contributed by atoms with E-state index in [0.717, 1.165) is 5.56 Å². The Morgan fingerprint density at radius 3 is 2.08 bits per heavy atom. The van der Waals surface area contributed by atoms with Crippen LogP contribution in [0.1, 0.15) is 18.5 Å². The zero-order chi connectivity index (χ0) is 9.30. The molecule has 3 N–H and O–H groups in total. The number of aromatic hydroxyl groups is 1. The topological polar surface area (TPSA) is 46.2 Å². The fourth-order valence-corrected chi connectivity index (χ4v) is 1.35. The highest BCUT2D eigenvalue weighted by Crippen LogP contribution is 2.33. The zero-order valence-electron chi connectivity index (χ0n) is 6.51. The highest BCUT2D eigenvalue weighted by molar-refractivity contribution is 6.37. The van der Waals surface area contributed by atoms with Crippen LogP contribution in [0.2, 0.25) is 10.0 Å². The minimum Gasteiger partial charge on any atom is -0.505 e. The smallest absolute Gasteiger partial charge is 0.152 e. The van der Waals surface area contributed by atoms with E-state index in [1.54, 1.807) is 12.1 Å². The van der Waals surface area contributed by atoms with Crippen LogP contribution >= 0.6 is 23.2 Å². The van der Waals surface area contributed by atoms with Gasteiger partial charge in [-0.1, -0.05) is 23.2 Å². The fourth-order valence-electron chi connectivity index (χ4n) is 0.848. The first-order valence-corrected chi connectivity index (χ1v) is 4.21.